The summed E-state index contributed by atoms with van der Waals surface area (Å²) in [5.41, 5.74) is 2.39. The number of rotatable bonds is 3. The maximum atomic E-state index is 13.1. The molecule has 0 spiro atoms. The molecule has 4 heteroatoms. The largest absolute Gasteiger partial charge is 0.497 e. The molecule has 0 fully saturated rings. The molecular formula is C17H15FO3. The van der Waals surface area contributed by atoms with Crippen molar-refractivity contribution in [3.8, 4) is 11.5 Å². The summed E-state index contributed by atoms with van der Waals surface area (Å²) in [5.74, 6) is 0.888. The van der Waals surface area contributed by atoms with Gasteiger partial charge in [0.2, 0.25) is 0 Å². The summed E-state index contributed by atoms with van der Waals surface area (Å²) in [7, 11) is 3.12. The highest BCUT2D eigenvalue weighted by atomic mass is 19.1. The summed E-state index contributed by atoms with van der Waals surface area (Å²) in [6, 6.07) is 9.76. The van der Waals surface area contributed by atoms with Gasteiger partial charge in [0.15, 0.2) is 5.78 Å². The first-order valence-electron chi connectivity index (χ1n) is 6.68. The molecule has 0 bridgehead atoms. The van der Waals surface area contributed by atoms with Crippen molar-refractivity contribution < 1.29 is 18.7 Å². The summed E-state index contributed by atoms with van der Waals surface area (Å²) in [4.78, 5) is 12.3. The maximum Gasteiger partial charge on any atom is 0.164 e. The lowest BCUT2D eigenvalue weighted by atomic mass is 9.92. The van der Waals surface area contributed by atoms with Gasteiger partial charge in [0.25, 0.3) is 0 Å². The van der Waals surface area contributed by atoms with Crippen molar-refractivity contribution in [3.63, 3.8) is 0 Å². The van der Waals surface area contributed by atoms with Crippen LogP contribution in [-0.4, -0.2) is 20.0 Å². The lowest BCUT2D eigenvalue weighted by molar-refractivity contribution is 0.0991. The van der Waals surface area contributed by atoms with Crippen molar-refractivity contribution in [2.75, 3.05) is 14.2 Å². The van der Waals surface area contributed by atoms with E-state index in [1.807, 2.05) is 0 Å². The van der Waals surface area contributed by atoms with Gasteiger partial charge in [-0.1, -0.05) is 12.1 Å². The molecule has 21 heavy (non-hydrogen) atoms. The van der Waals surface area contributed by atoms with E-state index in [-0.39, 0.29) is 17.5 Å². The fourth-order valence-corrected chi connectivity index (χ4v) is 2.86. The van der Waals surface area contributed by atoms with Gasteiger partial charge in [-0.25, -0.2) is 4.39 Å². The quantitative estimate of drug-likeness (QED) is 0.865. The zero-order chi connectivity index (χ0) is 15.0. The standard InChI is InChI=1S/C17H15FO3/c1-20-12-7-14-15(19)9-13(17(14)16(8-12)21-2)10-3-5-11(18)6-4-10/h3-8,13H,9H2,1-2H3/t13-/m0/s1. The van der Waals surface area contributed by atoms with Crippen molar-refractivity contribution in [1.82, 2.24) is 0 Å². The Labute approximate surface area is 122 Å². The first kappa shape index (κ1) is 13.6. The number of halogens is 1. The summed E-state index contributed by atoms with van der Waals surface area (Å²) >= 11 is 0. The Morgan fingerprint density at radius 3 is 2.43 bits per heavy atom. The molecule has 1 aliphatic rings. The smallest absolute Gasteiger partial charge is 0.164 e. The van der Waals surface area contributed by atoms with Crippen LogP contribution in [0, 0.1) is 5.82 Å². The van der Waals surface area contributed by atoms with E-state index >= 15 is 0 Å². The summed E-state index contributed by atoms with van der Waals surface area (Å²) in [6.07, 6.45) is 0.366. The van der Waals surface area contributed by atoms with E-state index in [1.54, 1.807) is 38.5 Å². The van der Waals surface area contributed by atoms with Gasteiger partial charge in [-0.15, -0.1) is 0 Å². The second kappa shape index (κ2) is 5.20. The van der Waals surface area contributed by atoms with Crippen LogP contribution in [0.1, 0.15) is 33.8 Å². The first-order chi connectivity index (χ1) is 10.1. The molecule has 0 amide bonds. The number of carbonyl (C=O) groups is 1. The molecular weight excluding hydrogens is 271 g/mol. The Hall–Kier alpha value is -2.36. The van der Waals surface area contributed by atoms with Crippen LogP contribution in [0.2, 0.25) is 0 Å². The molecule has 0 N–H and O–H groups in total. The molecule has 3 rings (SSSR count). The van der Waals surface area contributed by atoms with Gasteiger partial charge in [-0.05, 0) is 23.8 Å². The monoisotopic (exact) mass is 286 g/mol. The number of benzene rings is 2. The van der Waals surface area contributed by atoms with Crippen molar-refractivity contribution in [1.29, 1.82) is 0 Å². The van der Waals surface area contributed by atoms with Crippen molar-refractivity contribution in [2.45, 2.75) is 12.3 Å². The topological polar surface area (TPSA) is 35.5 Å². The van der Waals surface area contributed by atoms with E-state index in [1.165, 1.54) is 12.1 Å². The highest BCUT2D eigenvalue weighted by molar-refractivity contribution is 6.03. The second-order valence-electron chi connectivity index (χ2n) is 5.02. The van der Waals surface area contributed by atoms with Gasteiger partial charge in [-0.3, -0.25) is 4.79 Å². The average Bonchev–Trinajstić information content (AvgIpc) is 2.84. The minimum Gasteiger partial charge on any atom is -0.497 e. The maximum absolute atomic E-state index is 13.1. The SMILES string of the molecule is COc1cc(OC)c2c(c1)C(=O)C[C@H]2c1ccc(F)cc1. The van der Waals surface area contributed by atoms with Crippen LogP contribution in [0.3, 0.4) is 0 Å². The zero-order valence-corrected chi connectivity index (χ0v) is 11.9. The number of Topliss-reactive ketones (excluding diaryl/α,β-unsaturated/α-hetero) is 1. The van der Waals surface area contributed by atoms with E-state index < -0.39 is 0 Å². The predicted molar refractivity (Wildman–Crippen MR) is 76.7 cm³/mol. The third-order valence-electron chi connectivity index (χ3n) is 3.88. The Bertz CT molecular complexity index is 692. The number of fused-ring (bicyclic) bond motifs is 1. The van der Waals surface area contributed by atoms with Gasteiger partial charge in [0, 0.05) is 29.5 Å². The Morgan fingerprint density at radius 2 is 1.81 bits per heavy atom. The molecule has 1 atom stereocenters. The zero-order valence-electron chi connectivity index (χ0n) is 11.9. The summed E-state index contributed by atoms with van der Waals surface area (Å²) in [6.45, 7) is 0. The van der Waals surface area contributed by atoms with Gasteiger partial charge in [0.1, 0.15) is 17.3 Å². The normalized spacial score (nSPS) is 16.7. The number of hydrogen-bond donors (Lipinski definition) is 0. The van der Waals surface area contributed by atoms with Gasteiger partial charge >= 0.3 is 0 Å². The third kappa shape index (κ3) is 2.27. The number of ketones is 1. The predicted octanol–water partition coefficient (Wildman–Crippen LogP) is 3.56. The molecule has 1 aliphatic carbocycles. The van der Waals surface area contributed by atoms with Crippen molar-refractivity contribution in [2.24, 2.45) is 0 Å². The van der Waals surface area contributed by atoms with Crippen molar-refractivity contribution in [3.05, 3.63) is 58.9 Å². The Morgan fingerprint density at radius 1 is 1.10 bits per heavy atom. The minimum atomic E-state index is -0.287. The van der Waals surface area contributed by atoms with E-state index in [2.05, 4.69) is 0 Å². The summed E-state index contributed by atoms with van der Waals surface area (Å²) < 4.78 is 23.7. The number of hydrogen-bond acceptors (Lipinski definition) is 3. The fourth-order valence-electron chi connectivity index (χ4n) is 2.86. The van der Waals surface area contributed by atoms with Crippen LogP contribution >= 0.6 is 0 Å². The van der Waals surface area contributed by atoms with Crippen LogP contribution < -0.4 is 9.47 Å². The summed E-state index contributed by atoms with van der Waals surface area (Å²) in [5, 5.41) is 0. The van der Waals surface area contributed by atoms with E-state index in [9.17, 15) is 9.18 Å². The molecule has 0 heterocycles. The molecule has 0 saturated heterocycles. The lowest BCUT2D eigenvalue weighted by Crippen LogP contribution is -2.00. The molecule has 0 aromatic heterocycles. The molecule has 0 saturated carbocycles. The third-order valence-corrected chi connectivity index (χ3v) is 3.88. The molecule has 2 aromatic carbocycles. The van der Waals surface area contributed by atoms with Crippen LogP contribution in [-0.2, 0) is 0 Å². The fraction of sp³-hybridized carbons (Fsp3) is 0.235. The number of carbonyl (C=O) groups excluding carboxylic acids is 1. The highest BCUT2D eigenvalue weighted by Gasteiger charge is 2.34. The molecule has 2 aromatic rings. The number of methoxy groups -OCH3 is 2. The van der Waals surface area contributed by atoms with E-state index in [4.69, 9.17) is 9.47 Å². The van der Waals surface area contributed by atoms with Crippen LogP contribution in [0.15, 0.2) is 36.4 Å². The second-order valence-corrected chi connectivity index (χ2v) is 5.02. The van der Waals surface area contributed by atoms with Gasteiger partial charge in [0.05, 0.1) is 14.2 Å². The molecule has 0 aliphatic heterocycles. The van der Waals surface area contributed by atoms with Crippen LogP contribution in [0.5, 0.6) is 11.5 Å². The highest BCUT2D eigenvalue weighted by Crippen LogP contribution is 2.45. The van der Waals surface area contributed by atoms with Gasteiger partial charge < -0.3 is 9.47 Å². The molecule has 0 radical (unpaired) electrons. The van der Waals surface area contributed by atoms with Crippen LogP contribution in [0.4, 0.5) is 4.39 Å². The minimum absolute atomic E-state index is 0.0523. The van der Waals surface area contributed by atoms with Crippen molar-refractivity contribution >= 4 is 5.78 Å². The Balaban J connectivity index is 2.14. The molecule has 0 unspecified atom stereocenters. The Kier molecular flexibility index (Phi) is 3.37. The van der Waals surface area contributed by atoms with Gasteiger partial charge in [-0.2, -0.15) is 0 Å². The lowest BCUT2D eigenvalue weighted by Gasteiger charge is -2.16. The number of ether oxygens (including phenoxy) is 2. The molecule has 3 nitrogen and oxygen atoms in total. The van der Waals surface area contributed by atoms with Crippen LogP contribution in [0.25, 0.3) is 0 Å². The average molecular weight is 286 g/mol. The first-order valence-corrected chi connectivity index (χ1v) is 6.68. The molecule has 108 valence electrons. The van der Waals surface area contributed by atoms with E-state index in [0.717, 1.165) is 11.1 Å². The van der Waals surface area contributed by atoms with E-state index in [0.29, 0.717) is 23.5 Å².